The van der Waals surface area contributed by atoms with Crippen molar-refractivity contribution in [3.05, 3.63) is 34.4 Å². The highest BCUT2D eigenvalue weighted by molar-refractivity contribution is 5.41. The Labute approximate surface area is 90.6 Å². The number of rotatable bonds is 2. The maximum Gasteiger partial charge on any atom is 0.0515 e. The summed E-state index contributed by atoms with van der Waals surface area (Å²) in [5, 5.41) is 18.7. The zero-order valence-corrected chi connectivity index (χ0v) is 9.38. The van der Waals surface area contributed by atoms with Crippen molar-refractivity contribution in [3.8, 4) is 0 Å². The molecule has 1 aliphatic rings. The molecule has 2 N–H and O–H groups in total. The molecule has 15 heavy (non-hydrogen) atoms. The normalized spacial score (nSPS) is 17.9. The molecule has 2 heteroatoms. The predicted molar refractivity (Wildman–Crippen MR) is 59.9 cm³/mol. The molecule has 1 aromatic rings. The van der Waals surface area contributed by atoms with Gasteiger partial charge in [-0.3, -0.25) is 0 Å². The molecule has 0 aliphatic heterocycles. The number of hydrogen-bond donors (Lipinski definition) is 2. The van der Waals surface area contributed by atoms with E-state index in [1.54, 1.807) is 0 Å². The average molecular weight is 206 g/mol. The number of hydrogen-bond acceptors (Lipinski definition) is 2. The molecule has 0 fully saturated rings. The highest BCUT2D eigenvalue weighted by Gasteiger charge is 2.36. The van der Waals surface area contributed by atoms with Gasteiger partial charge in [-0.2, -0.15) is 0 Å². The van der Waals surface area contributed by atoms with Gasteiger partial charge in [0.25, 0.3) is 0 Å². The summed E-state index contributed by atoms with van der Waals surface area (Å²) in [6.07, 6.45) is 1.60. The highest BCUT2D eigenvalue weighted by atomic mass is 16.3. The van der Waals surface area contributed by atoms with Gasteiger partial charge in [0, 0.05) is 5.41 Å². The van der Waals surface area contributed by atoms with Crippen LogP contribution in [-0.2, 0) is 12.8 Å². The summed E-state index contributed by atoms with van der Waals surface area (Å²) in [4.78, 5) is 0. The Morgan fingerprint density at radius 3 is 1.73 bits per heavy atom. The van der Waals surface area contributed by atoms with Crippen LogP contribution in [-0.4, -0.2) is 23.4 Å². The van der Waals surface area contributed by atoms with E-state index in [1.807, 2.05) is 0 Å². The molecule has 0 amide bonds. The Morgan fingerprint density at radius 1 is 1.00 bits per heavy atom. The Kier molecular flexibility index (Phi) is 2.57. The lowest BCUT2D eigenvalue weighted by Crippen LogP contribution is -2.30. The lowest BCUT2D eigenvalue weighted by Gasteiger charge is -2.22. The minimum atomic E-state index is -0.317. The first kappa shape index (κ1) is 10.7. The van der Waals surface area contributed by atoms with E-state index < -0.39 is 0 Å². The third-order valence-electron chi connectivity index (χ3n) is 3.62. The largest absolute Gasteiger partial charge is 0.396 e. The molecule has 0 heterocycles. The van der Waals surface area contributed by atoms with Gasteiger partial charge in [0.1, 0.15) is 0 Å². The molecule has 0 radical (unpaired) electrons. The van der Waals surface area contributed by atoms with Crippen LogP contribution in [0.5, 0.6) is 0 Å². The van der Waals surface area contributed by atoms with Crippen LogP contribution >= 0.6 is 0 Å². The molecule has 2 nitrogen and oxygen atoms in total. The second-order valence-electron chi connectivity index (χ2n) is 4.87. The molecule has 0 saturated carbocycles. The van der Waals surface area contributed by atoms with E-state index in [9.17, 15) is 10.2 Å². The van der Waals surface area contributed by atoms with E-state index in [-0.39, 0.29) is 18.6 Å². The van der Waals surface area contributed by atoms with Crippen molar-refractivity contribution in [2.75, 3.05) is 13.2 Å². The van der Waals surface area contributed by atoms with Crippen molar-refractivity contribution >= 4 is 0 Å². The Bertz CT molecular complexity index is 345. The topological polar surface area (TPSA) is 40.5 Å². The SMILES string of the molecule is Cc1cc2c(cc1C)CC(CO)(CO)C2. The standard InChI is InChI=1S/C13H18O2/c1-9-3-11-5-13(7-14,8-15)6-12(11)4-10(9)2/h3-4,14-15H,5-8H2,1-2H3. The fourth-order valence-electron chi connectivity index (χ4n) is 2.41. The van der Waals surface area contributed by atoms with Gasteiger partial charge in [-0.1, -0.05) is 12.1 Å². The van der Waals surface area contributed by atoms with Crippen molar-refractivity contribution in [1.29, 1.82) is 0 Å². The highest BCUT2D eigenvalue weighted by Crippen LogP contribution is 2.37. The van der Waals surface area contributed by atoms with Crippen molar-refractivity contribution in [2.24, 2.45) is 5.41 Å². The summed E-state index contributed by atoms with van der Waals surface area (Å²) in [6.45, 7) is 4.34. The van der Waals surface area contributed by atoms with E-state index >= 15 is 0 Å². The average Bonchev–Trinajstić information content (AvgIpc) is 2.58. The predicted octanol–water partition coefficient (Wildman–Crippen LogP) is 1.37. The lowest BCUT2D eigenvalue weighted by molar-refractivity contribution is 0.0634. The monoisotopic (exact) mass is 206 g/mol. The van der Waals surface area contributed by atoms with E-state index in [1.165, 1.54) is 22.3 Å². The summed E-state index contributed by atoms with van der Waals surface area (Å²) in [5.41, 5.74) is 4.85. The second-order valence-corrected chi connectivity index (χ2v) is 4.87. The number of fused-ring (bicyclic) bond motifs is 1. The van der Waals surface area contributed by atoms with Gasteiger partial charge in [-0.15, -0.1) is 0 Å². The molecule has 0 aromatic heterocycles. The number of benzene rings is 1. The lowest BCUT2D eigenvalue weighted by atomic mass is 9.87. The molecule has 1 aliphatic carbocycles. The molecule has 0 saturated heterocycles. The number of aliphatic hydroxyl groups is 2. The van der Waals surface area contributed by atoms with Crippen LogP contribution in [0.4, 0.5) is 0 Å². The zero-order valence-electron chi connectivity index (χ0n) is 9.38. The molecular formula is C13H18O2. The maximum absolute atomic E-state index is 9.37. The van der Waals surface area contributed by atoms with Gasteiger partial charge in [-0.25, -0.2) is 0 Å². The Morgan fingerprint density at radius 2 is 1.40 bits per heavy atom. The fourth-order valence-corrected chi connectivity index (χ4v) is 2.41. The van der Waals surface area contributed by atoms with Gasteiger partial charge in [0.2, 0.25) is 0 Å². The summed E-state index contributed by atoms with van der Waals surface area (Å²) >= 11 is 0. The van der Waals surface area contributed by atoms with Gasteiger partial charge < -0.3 is 10.2 Å². The number of aliphatic hydroxyl groups excluding tert-OH is 2. The van der Waals surface area contributed by atoms with Crippen LogP contribution in [0.15, 0.2) is 12.1 Å². The van der Waals surface area contributed by atoms with Gasteiger partial charge in [0.15, 0.2) is 0 Å². The first-order valence-electron chi connectivity index (χ1n) is 5.41. The van der Waals surface area contributed by atoms with Crippen LogP contribution in [0.1, 0.15) is 22.3 Å². The van der Waals surface area contributed by atoms with E-state index in [0.29, 0.717) is 0 Å². The smallest absolute Gasteiger partial charge is 0.0515 e. The summed E-state index contributed by atoms with van der Waals surface area (Å²) < 4.78 is 0. The Balaban J connectivity index is 2.38. The van der Waals surface area contributed by atoms with Gasteiger partial charge in [0.05, 0.1) is 13.2 Å². The molecule has 0 unspecified atom stereocenters. The van der Waals surface area contributed by atoms with Crippen LogP contribution in [0.2, 0.25) is 0 Å². The van der Waals surface area contributed by atoms with Crippen LogP contribution in [0.3, 0.4) is 0 Å². The second kappa shape index (κ2) is 3.62. The van der Waals surface area contributed by atoms with Gasteiger partial charge in [-0.05, 0) is 48.9 Å². The molecule has 2 rings (SSSR count). The van der Waals surface area contributed by atoms with Crippen molar-refractivity contribution < 1.29 is 10.2 Å². The number of aryl methyl sites for hydroxylation is 2. The minimum absolute atomic E-state index is 0.0657. The van der Waals surface area contributed by atoms with E-state index in [2.05, 4.69) is 26.0 Å². The quantitative estimate of drug-likeness (QED) is 0.767. The summed E-state index contributed by atoms with van der Waals surface area (Å²) in [5.74, 6) is 0. The zero-order chi connectivity index (χ0) is 11.1. The van der Waals surface area contributed by atoms with Crippen LogP contribution < -0.4 is 0 Å². The molecule has 1 aromatic carbocycles. The van der Waals surface area contributed by atoms with E-state index in [0.717, 1.165) is 12.8 Å². The third-order valence-corrected chi connectivity index (χ3v) is 3.62. The van der Waals surface area contributed by atoms with Crippen molar-refractivity contribution in [3.63, 3.8) is 0 Å². The molecule has 0 bridgehead atoms. The van der Waals surface area contributed by atoms with Crippen molar-refractivity contribution in [1.82, 2.24) is 0 Å². The fraction of sp³-hybridized carbons (Fsp3) is 0.538. The Hall–Kier alpha value is -0.860. The molecule has 0 atom stereocenters. The van der Waals surface area contributed by atoms with Gasteiger partial charge >= 0.3 is 0 Å². The first-order chi connectivity index (χ1) is 7.10. The maximum atomic E-state index is 9.37. The first-order valence-corrected chi connectivity index (χ1v) is 5.41. The molecular weight excluding hydrogens is 188 g/mol. The van der Waals surface area contributed by atoms with E-state index in [4.69, 9.17) is 0 Å². The summed E-state index contributed by atoms with van der Waals surface area (Å²) in [7, 11) is 0. The minimum Gasteiger partial charge on any atom is -0.396 e. The molecule has 0 spiro atoms. The van der Waals surface area contributed by atoms with Crippen LogP contribution in [0.25, 0.3) is 0 Å². The van der Waals surface area contributed by atoms with Crippen LogP contribution in [0, 0.1) is 19.3 Å². The van der Waals surface area contributed by atoms with Crippen molar-refractivity contribution in [2.45, 2.75) is 26.7 Å². The third kappa shape index (κ3) is 1.68. The molecule has 82 valence electrons. The summed E-state index contributed by atoms with van der Waals surface area (Å²) in [6, 6.07) is 4.38.